The molecule has 1 fully saturated rings. The van der Waals surface area contributed by atoms with Gasteiger partial charge in [0.1, 0.15) is 36.8 Å². The molecule has 6 unspecified atom stereocenters. The lowest BCUT2D eigenvalue weighted by Crippen LogP contribution is -2.60. The van der Waals surface area contributed by atoms with Gasteiger partial charge in [-0.2, -0.15) is 8.42 Å². The van der Waals surface area contributed by atoms with Crippen molar-refractivity contribution in [3.8, 4) is 0 Å². The van der Waals surface area contributed by atoms with Crippen LogP contribution in [0.2, 0.25) is 0 Å². The number of allylic oxidation sites excluding steroid dienone is 12. The van der Waals surface area contributed by atoms with Gasteiger partial charge < -0.3 is 34.3 Å². The van der Waals surface area contributed by atoms with E-state index in [9.17, 15) is 37.9 Å². The zero-order valence-corrected chi connectivity index (χ0v) is 40.9. The molecule has 13 heteroatoms. The first-order valence-corrected chi connectivity index (χ1v) is 26.6. The summed E-state index contributed by atoms with van der Waals surface area (Å²) in [6.45, 7) is 3.60. The summed E-state index contributed by atoms with van der Waals surface area (Å²) in [5, 5.41) is 30.9. The molecule has 1 saturated heterocycles. The maximum Gasteiger partial charge on any atom is 0.306 e. The number of rotatable bonds is 41. The average Bonchev–Trinajstić information content (AvgIpc) is 3.27. The Balaban J connectivity index is 2.45. The fourth-order valence-electron chi connectivity index (χ4n) is 7.23. The van der Waals surface area contributed by atoms with Gasteiger partial charge in [-0.15, -0.1) is 0 Å². The Labute approximate surface area is 393 Å². The van der Waals surface area contributed by atoms with Crippen molar-refractivity contribution in [1.82, 2.24) is 0 Å². The third-order valence-electron chi connectivity index (χ3n) is 11.1. The second-order valence-corrected chi connectivity index (χ2v) is 18.6. The molecule has 12 nitrogen and oxygen atoms in total. The predicted molar refractivity (Wildman–Crippen MR) is 261 cm³/mol. The van der Waals surface area contributed by atoms with Crippen LogP contribution in [0.3, 0.4) is 0 Å². The van der Waals surface area contributed by atoms with Crippen LogP contribution in [0.4, 0.5) is 0 Å². The fraction of sp³-hybridized carbons (Fsp3) is 0.731. The minimum absolute atomic E-state index is 0.0375. The Morgan fingerprint density at radius 3 is 1.42 bits per heavy atom. The van der Waals surface area contributed by atoms with Gasteiger partial charge in [0.25, 0.3) is 10.1 Å². The summed E-state index contributed by atoms with van der Waals surface area (Å²) in [7, 11) is -4.62. The van der Waals surface area contributed by atoms with Gasteiger partial charge in [0.05, 0.1) is 6.61 Å². The standard InChI is InChI=1S/C52H88O12S/c1-3-5-7-9-11-13-15-17-19-21-23-25-27-29-31-33-35-37-39-41-48(54)63-45(43-62-52-51(57)50(56)49(55)46(64-52)44-65(58,59)60)42-61-47(53)40-38-36-34-32-30-28-26-24-22-20-18-16-14-12-10-8-6-4-2/h5,7,11,13,17,19,23,25,29,31,35,37,45-46,49-52,55-57H,3-4,6,8-10,12,14-16,18,20-22,24,26-28,30,32-34,36,38-44H2,1-2H3,(H,58,59,60)/b7-5-,13-11-,19-17-,25-23-,31-29-,37-35-. The third kappa shape index (κ3) is 35.9. The van der Waals surface area contributed by atoms with Crippen LogP contribution in [0, 0.1) is 0 Å². The van der Waals surface area contributed by atoms with Gasteiger partial charge in [0.15, 0.2) is 12.4 Å². The molecule has 374 valence electrons. The highest BCUT2D eigenvalue weighted by Crippen LogP contribution is 2.24. The molecule has 0 aromatic rings. The summed E-state index contributed by atoms with van der Waals surface area (Å²) in [6.07, 6.45) is 43.8. The first kappa shape index (κ1) is 60.1. The van der Waals surface area contributed by atoms with Crippen LogP contribution >= 0.6 is 0 Å². The van der Waals surface area contributed by atoms with Gasteiger partial charge in [-0.1, -0.05) is 196 Å². The smallest absolute Gasteiger partial charge is 0.306 e. The van der Waals surface area contributed by atoms with Crippen LogP contribution in [0.15, 0.2) is 72.9 Å². The van der Waals surface area contributed by atoms with Crippen LogP contribution in [-0.4, -0.2) is 96.0 Å². The minimum Gasteiger partial charge on any atom is -0.462 e. The molecule has 0 aromatic carbocycles. The van der Waals surface area contributed by atoms with Gasteiger partial charge in [-0.25, -0.2) is 0 Å². The largest absolute Gasteiger partial charge is 0.462 e. The second-order valence-electron chi connectivity index (χ2n) is 17.1. The van der Waals surface area contributed by atoms with Crippen molar-refractivity contribution in [2.75, 3.05) is 19.0 Å². The molecule has 1 heterocycles. The lowest BCUT2D eigenvalue weighted by molar-refractivity contribution is -0.297. The number of aliphatic hydroxyl groups is 3. The molecule has 4 N–H and O–H groups in total. The van der Waals surface area contributed by atoms with Crippen LogP contribution < -0.4 is 0 Å². The first-order chi connectivity index (χ1) is 31.5. The van der Waals surface area contributed by atoms with E-state index >= 15 is 0 Å². The molecule has 0 spiro atoms. The van der Waals surface area contributed by atoms with E-state index in [0.717, 1.165) is 51.4 Å². The van der Waals surface area contributed by atoms with E-state index in [1.165, 1.54) is 89.9 Å². The quantitative estimate of drug-likeness (QED) is 0.0197. The summed E-state index contributed by atoms with van der Waals surface area (Å²) in [4.78, 5) is 25.5. The van der Waals surface area contributed by atoms with Crippen molar-refractivity contribution in [1.29, 1.82) is 0 Å². The van der Waals surface area contributed by atoms with Crippen LogP contribution in [0.5, 0.6) is 0 Å². The molecule has 1 rings (SSSR count). The lowest BCUT2D eigenvalue weighted by Gasteiger charge is -2.40. The average molecular weight is 937 g/mol. The summed E-state index contributed by atoms with van der Waals surface area (Å²) in [5.74, 6) is -2.09. The molecule has 1 aliphatic heterocycles. The Morgan fingerprint density at radius 2 is 0.969 bits per heavy atom. The highest BCUT2D eigenvalue weighted by atomic mass is 32.2. The van der Waals surface area contributed by atoms with Gasteiger partial charge in [-0.3, -0.25) is 14.1 Å². The minimum atomic E-state index is -4.62. The van der Waals surface area contributed by atoms with Gasteiger partial charge in [0.2, 0.25) is 0 Å². The normalized spacial score (nSPS) is 20.1. The second kappa shape index (κ2) is 41.3. The molecule has 0 aliphatic carbocycles. The van der Waals surface area contributed by atoms with E-state index in [0.29, 0.717) is 19.3 Å². The Kier molecular flexibility index (Phi) is 38.2. The number of hydrogen-bond donors (Lipinski definition) is 4. The van der Waals surface area contributed by atoms with Crippen molar-refractivity contribution in [3.05, 3.63) is 72.9 Å². The van der Waals surface area contributed by atoms with E-state index in [1.807, 2.05) is 18.2 Å². The fourth-order valence-corrected chi connectivity index (χ4v) is 7.92. The van der Waals surface area contributed by atoms with Crippen molar-refractivity contribution < 1.29 is 56.8 Å². The van der Waals surface area contributed by atoms with Crippen LogP contribution in [0.1, 0.15) is 187 Å². The first-order valence-electron chi connectivity index (χ1n) is 25.0. The summed E-state index contributed by atoms with van der Waals surface area (Å²) in [6, 6.07) is 0. The predicted octanol–water partition coefficient (Wildman–Crippen LogP) is 11.1. The Morgan fingerprint density at radius 1 is 0.538 bits per heavy atom. The maximum absolute atomic E-state index is 12.8. The molecule has 65 heavy (non-hydrogen) atoms. The lowest BCUT2D eigenvalue weighted by atomic mass is 10.00. The Hall–Kier alpha value is -2.91. The van der Waals surface area contributed by atoms with Gasteiger partial charge in [-0.05, 0) is 51.4 Å². The highest BCUT2D eigenvalue weighted by molar-refractivity contribution is 7.85. The SMILES string of the molecule is CC/C=C\C/C=C\C/C=C\C/C=C\C/C=C\C/C=C\CCC(=O)OC(COC(=O)CCCCCCCCCCCCCCCCCCCC)COC1OC(CS(=O)(=O)O)C(O)C(O)C1O. The summed E-state index contributed by atoms with van der Waals surface area (Å²) in [5.41, 5.74) is 0. The summed E-state index contributed by atoms with van der Waals surface area (Å²) >= 11 is 0. The van der Waals surface area contributed by atoms with E-state index < -0.39 is 71.2 Å². The summed E-state index contributed by atoms with van der Waals surface area (Å²) < 4.78 is 54.1. The van der Waals surface area contributed by atoms with Crippen LogP contribution in [-0.2, 0) is 38.7 Å². The van der Waals surface area contributed by atoms with E-state index in [2.05, 4.69) is 68.5 Å². The zero-order valence-electron chi connectivity index (χ0n) is 40.1. The molecular formula is C52H88O12S. The van der Waals surface area contributed by atoms with Gasteiger partial charge in [0, 0.05) is 12.8 Å². The number of ether oxygens (including phenoxy) is 4. The topological polar surface area (TPSA) is 186 Å². The third-order valence-corrected chi connectivity index (χ3v) is 11.8. The molecule has 0 bridgehead atoms. The monoisotopic (exact) mass is 937 g/mol. The molecular weight excluding hydrogens is 849 g/mol. The van der Waals surface area contributed by atoms with E-state index in [4.69, 9.17) is 18.9 Å². The van der Waals surface area contributed by atoms with Crippen molar-refractivity contribution in [2.45, 2.75) is 224 Å². The number of aliphatic hydroxyl groups excluding tert-OH is 3. The molecule has 0 aromatic heterocycles. The zero-order chi connectivity index (χ0) is 47.6. The van der Waals surface area contributed by atoms with E-state index in [1.54, 1.807) is 0 Å². The Bertz CT molecular complexity index is 1470. The number of carbonyl (C=O) groups excluding carboxylic acids is 2. The highest BCUT2D eigenvalue weighted by Gasteiger charge is 2.46. The maximum atomic E-state index is 12.8. The molecule has 0 saturated carbocycles. The van der Waals surface area contributed by atoms with Crippen molar-refractivity contribution in [3.63, 3.8) is 0 Å². The molecule has 0 radical (unpaired) electrons. The number of hydrogen-bond acceptors (Lipinski definition) is 11. The number of esters is 2. The molecule has 1 aliphatic rings. The van der Waals surface area contributed by atoms with Gasteiger partial charge >= 0.3 is 11.9 Å². The number of unbranched alkanes of at least 4 members (excludes halogenated alkanes) is 17. The van der Waals surface area contributed by atoms with Crippen molar-refractivity contribution in [2.24, 2.45) is 0 Å². The van der Waals surface area contributed by atoms with E-state index in [-0.39, 0.29) is 19.4 Å². The van der Waals surface area contributed by atoms with Crippen molar-refractivity contribution >= 4 is 22.1 Å². The van der Waals surface area contributed by atoms with Crippen LogP contribution in [0.25, 0.3) is 0 Å². The number of carbonyl (C=O) groups is 2. The molecule has 6 atom stereocenters. The molecule has 0 amide bonds.